The van der Waals surface area contributed by atoms with Gasteiger partial charge in [-0.15, -0.1) is 0 Å². The summed E-state index contributed by atoms with van der Waals surface area (Å²) in [5, 5.41) is 0. The summed E-state index contributed by atoms with van der Waals surface area (Å²) in [4.78, 5) is 0. The Hall–Kier alpha value is -0.0800. The third-order valence-corrected chi connectivity index (χ3v) is 2.44. The van der Waals surface area contributed by atoms with Crippen molar-refractivity contribution in [3.05, 3.63) is 0 Å². The van der Waals surface area contributed by atoms with Crippen molar-refractivity contribution in [2.45, 2.75) is 37.8 Å². The van der Waals surface area contributed by atoms with Crippen LogP contribution in [-0.4, -0.2) is 18.8 Å². The Morgan fingerprint density at radius 1 is 1.56 bits per heavy atom. The molecule has 1 aliphatic rings. The minimum absolute atomic E-state index is 0.0417. The van der Waals surface area contributed by atoms with Gasteiger partial charge in [0.05, 0.1) is 5.60 Å². The largest absolute Gasteiger partial charge is 0.377 e. The van der Waals surface area contributed by atoms with Crippen LogP contribution >= 0.6 is 0 Å². The highest BCUT2D eigenvalue weighted by molar-refractivity contribution is 4.95. The predicted molar refractivity (Wildman–Crippen MR) is 37.2 cm³/mol. The van der Waals surface area contributed by atoms with Gasteiger partial charge in [0.25, 0.3) is 0 Å². The first-order valence-electron chi connectivity index (χ1n) is 3.52. The van der Waals surface area contributed by atoms with E-state index in [-0.39, 0.29) is 11.6 Å². The highest BCUT2D eigenvalue weighted by atomic mass is 16.5. The Morgan fingerprint density at radius 3 is 2.11 bits per heavy atom. The van der Waals surface area contributed by atoms with Gasteiger partial charge in [0, 0.05) is 13.2 Å². The van der Waals surface area contributed by atoms with Crippen LogP contribution in [-0.2, 0) is 4.74 Å². The monoisotopic (exact) mass is 129 g/mol. The molecule has 0 aliphatic heterocycles. The summed E-state index contributed by atoms with van der Waals surface area (Å²) in [6.07, 6.45) is 3.55. The first kappa shape index (κ1) is 7.03. The Kier molecular flexibility index (Phi) is 1.78. The number of hydrogen-bond acceptors (Lipinski definition) is 2. The second-order valence-corrected chi connectivity index (χ2v) is 2.91. The zero-order chi connectivity index (χ0) is 6.91. The molecule has 0 radical (unpaired) electrons. The smallest absolute Gasteiger partial charge is 0.0826 e. The molecule has 2 N–H and O–H groups in total. The van der Waals surface area contributed by atoms with Crippen LogP contribution in [0.15, 0.2) is 0 Å². The van der Waals surface area contributed by atoms with Crippen molar-refractivity contribution in [2.24, 2.45) is 5.73 Å². The fourth-order valence-corrected chi connectivity index (χ4v) is 1.37. The molecular weight excluding hydrogens is 114 g/mol. The molecule has 1 rings (SSSR count). The molecule has 1 fully saturated rings. The van der Waals surface area contributed by atoms with Crippen molar-refractivity contribution >= 4 is 0 Å². The van der Waals surface area contributed by atoms with E-state index in [2.05, 4.69) is 0 Å². The van der Waals surface area contributed by atoms with E-state index < -0.39 is 0 Å². The normalized spacial score (nSPS) is 27.0. The first-order valence-corrected chi connectivity index (χ1v) is 3.52. The molecule has 0 aromatic rings. The molecule has 1 saturated carbocycles. The molecule has 0 amide bonds. The molecule has 0 aromatic carbocycles. The number of methoxy groups -OCH3 is 1. The van der Waals surface area contributed by atoms with E-state index in [9.17, 15) is 0 Å². The van der Waals surface area contributed by atoms with E-state index >= 15 is 0 Å². The molecule has 1 atom stereocenters. The van der Waals surface area contributed by atoms with E-state index in [1.165, 1.54) is 6.42 Å². The lowest BCUT2D eigenvalue weighted by atomic mass is 9.75. The van der Waals surface area contributed by atoms with Crippen molar-refractivity contribution in [2.75, 3.05) is 7.11 Å². The highest BCUT2D eigenvalue weighted by Crippen LogP contribution is 2.36. The summed E-state index contributed by atoms with van der Waals surface area (Å²) < 4.78 is 5.31. The zero-order valence-corrected chi connectivity index (χ0v) is 6.18. The lowest BCUT2D eigenvalue weighted by molar-refractivity contribution is -0.0859. The lowest BCUT2D eigenvalue weighted by Crippen LogP contribution is -2.52. The first-order chi connectivity index (χ1) is 4.21. The van der Waals surface area contributed by atoms with Crippen LogP contribution in [0.3, 0.4) is 0 Å². The Bertz CT molecular complexity index is 91.6. The minimum atomic E-state index is 0.0417. The van der Waals surface area contributed by atoms with Crippen molar-refractivity contribution in [3.8, 4) is 0 Å². The van der Waals surface area contributed by atoms with Gasteiger partial charge in [-0.05, 0) is 26.2 Å². The molecule has 2 heteroatoms. The average molecular weight is 129 g/mol. The van der Waals surface area contributed by atoms with Gasteiger partial charge in [-0.2, -0.15) is 0 Å². The van der Waals surface area contributed by atoms with Gasteiger partial charge in [0.15, 0.2) is 0 Å². The molecule has 0 heterocycles. The number of ether oxygens (including phenoxy) is 1. The van der Waals surface area contributed by atoms with Gasteiger partial charge in [0.2, 0.25) is 0 Å². The molecule has 2 nitrogen and oxygen atoms in total. The summed E-state index contributed by atoms with van der Waals surface area (Å²) in [7, 11) is 1.75. The van der Waals surface area contributed by atoms with Crippen LogP contribution in [0, 0.1) is 0 Å². The van der Waals surface area contributed by atoms with Gasteiger partial charge < -0.3 is 10.5 Å². The Labute approximate surface area is 56.4 Å². The average Bonchev–Trinajstić information content (AvgIpc) is 1.62. The second kappa shape index (κ2) is 2.27. The zero-order valence-electron chi connectivity index (χ0n) is 6.18. The Morgan fingerprint density at radius 2 is 2.11 bits per heavy atom. The fourth-order valence-electron chi connectivity index (χ4n) is 1.37. The minimum Gasteiger partial charge on any atom is -0.377 e. The maximum absolute atomic E-state index is 5.72. The van der Waals surface area contributed by atoms with Crippen molar-refractivity contribution < 1.29 is 4.74 Å². The van der Waals surface area contributed by atoms with Crippen LogP contribution in [0.5, 0.6) is 0 Å². The van der Waals surface area contributed by atoms with E-state index in [4.69, 9.17) is 10.5 Å². The third-order valence-electron chi connectivity index (χ3n) is 2.44. The van der Waals surface area contributed by atoms with E-state index in [0.717, 1.165) is 12.8 Å². The van der Waals surface area contributed by atoms with Crippen molar-refractivity contribution in [1.82, 2.24) is 0 Å². The quantitative estimate of drug-likeness (QED) is 0.601. The van der Waals surface area contributed by atoms with Crippen molar-refractivity contribution in [3.63, 3.8) is 0 Å². The van der Waals surface area contributed by atoms with Gasteiger partial charge in [-0.25, -0.2) is 0 Å². The van der Waals surface area contributed by atoms with E-state index in [1.54, 1.807) is 7.11 Å². The van der Waals surface area contributed by atoms with Gasteiger partial charge in [-0.1, -0.05) is 0 Å². The SMILES string of the molecule is COC1(C(C)N)CCC1. The molecule has 0 aromatic heterocycles. The van der Waals surface area contributed by atoms with Crippen LogP contribution < -0.4 is 5.73 Å². The fraction of sp³-hybridized carbons (Fsp3) is 1.00. The molecule has 54 valence electrons. The maximum Gasteiger partial charge on any atom is 0.0826 e. The molecule has 0 saturated heterocycles. The highest BCUT2D eigenvalue weighted by Gasteiger charge is 2.40. The van der Waals surface area contributed by atoms with Crippen molar-refractivity contribution in [1.29, 1.82) is 0 Å². The molecule has 1 unspecified atom stereocenters. The summed E-state index contributed by atoms with van der Waals surface area (Å²) in [5.41, 5.74) is 5.76. The van der Waals surface area contributed by atoms with Gasteiger partial charge >= 0.3 is 0 Å². The Balaban J connectivity index is 2.46. The summed E-state index contributed by atoms with van der Waals surface area (Å²) in [6, 6.07) is 0.191. The third kappa shape index (κ3) is 0.970. The molecule has 0 bridgehead atoms. The maximum atomic E-state index is 5.72. The predicted octanol–water partition coefficient (Wildman–Crippen LogP) is 0.903. The lowest BCUT2D eigenvalue weighted by Gasteiger charge is -2.43. The molecular formula is C7H15NO. The number of nitrogens with two attached hydrogens (primary N) is 1. The van der Waals surface area contributed by atoms with Gasteiger partial charge in [0.1, 0.15) is 0 Å². The van der Waals surface area contributed by atoms with Crippen LogP contribution in [0.25, 0.3) is 0 Å². The van der Waals surface area contributed by atoms with E-state index in [1.807, 2.05) is 6.92 Å². The van der Waals surface area contributed by atoms with E-state index in [0.29, 0.717) is 0 Å². The summed E-state index contributed by atoms with van der Waals surface area (Å²) in [6.45, 7) is 2.02. The number of hydrogen-bond donors (Lipinski definition) is 1. The number of rotatable bonds is 2. The van der Waals surface area contributed by atoms with Crippen LogP contribution in [0.2, 0.25) is 0 Å². The molecule has 0 spiro atoms. The standard InChI is InChI=1S/C7H15NO/c1-6(8)7(9-2)4-3-5-7/h6H,3-5,8H2,1-2H3. The molecule has 1 aliphatic carbocycles. The summed E-state index contributed by atoms with van der Waals surface area (Å²) in [5.74, 6) is 0. The second-order valence-electron chi connectivity index (χ2n) is 2.91. The topological polar surface area (TPSA) is 35.2 Å². The molecule has 9 heavy (non-hydrogen) atoms. The van der Waals surface area contributed by atoms with Crippen LogP contribution in [0.1, 0.15) is 26.2 Å². The van der Waals surface area contributed by atoms with Gasteiger partial charge in [-0.3, -0.25) is 0 Å². The summed E-state index contributed by atoms with van der Waals surface area (Å²) >= 11 is 0. The van der Waals surface area contributed by atoms with Crippen LogP contribution in [0.4, 0.5) is 0 Å².